The zero-order valence-electron chi connectivity index (χ0n) is 21.6. The number of hydrogen-bond donors (Lipinski definition) is 5. The highest BCUT2D eigenvalue weighted by molar-refractivity contribution is 6.10. The van der Waals surface area contributed by atoms with Crippen molar-refractivity contribution in [2.75, 3.05) is 19.5 Å². The van der Waals surface area contributed by atoms with Crippen molar-refractivity contribution in [1.82, 2.24) is 26.2 Å². The van der Waals surface area contributed by atoms with Gasteiger partial charge in [0.1, 0.15) is 12.1 Å². The summed E-state index contributed by atoms with van der Waals surface area (Å²) in [5.74, 6) is -1.74. The third-order valence-corrected chi connectivity index (χ3v) is 5.36. The number of amides is 7. The number of imide groups is 1. The Balaban J connectivity index is 4.74. The zero-order valence-corrected chi connectivity index (χ0v) is 21.6. The van der Waals surface area contributed by atoms with E-state index in [2.05, 4.69) is 21.3 Å². The van der Waals surface area contributed by atoms with E-state index in [-0.39, 0.29) is 43.6 Å². The van der Waals surface area contributed by atoms with Gasteiger partial charge in [0.05, 0.1) is 7.85 Å². The third-order valence-electron chi connectivity index (χ3n) is 5.36. The van der Waals surface area contributed by atoms with Crippen molar-refractivity contribution >= 4 is 43.9 Å². The molecule has 0 saturated carbocycles. The highest BCUT2D eigenvalue weighted by Gasteiger charge is 2.28. The van der Waals surface area contributed by atoms with Crippen LogP contribution in [0.1, 0.15) is 72.1 Å². The first-order valence-corrected chi connectivity index (χ1v) is 12.4. The summed E-state index contributed by atoms with van der Waals surface area (Å²) < 4.78 is 0. The van der Waals surface area contributed by atoms with Gasteiger partial charge in [0.25, 0.3) is 0 Å². The summed E-state index contributed by atoms with van der Waals surface area (Å²) in [6, 6.07) is -2.44. The Morgan fingerprint density at radius 3 is 2.19 bits per heavy atom. The second-order valence-corrected chi connectivity index (χ2v) is 8.78. The number of primary amides is 1. The highest BCUT2D eigenvalue weighted by atomic mass is 16.2. The maximum Gasteiger partial charge on any atom is 0.312 e. The molecule has 6 N–H and O–H groups in total. The molecule has 0 bridgehead atoms. The highest BCUT2D eigenvalue weighted by Crippen LogP contribution is 2.08. The first kappa shape index (κ1) is 32.9. The minimum absolute atomic E-state index is 0.105. The first-order chi connectivity index (χ1) is 17.1. The van der Waals surface area contributed by atoms with Crippen molar-refractivity contribution in [1.29, 1.82) is 0 Å². The molecule has 36 heavy (non-hydrogen) atoms. The topological polar surface area (TPSA) is 180 Å². The Hall–Kier alpha value is -3.12. The lowest BCUT2D eigenvalue weighted by Gasteiger charge is -2.25. The van der Waals surface area contributed by atoms with Crippen LogP contribution in [0.25, 0.3) is 0 Å². The molecule has 0 spiro atoms. The van der Waals surface area contributed by atoms with Gasteiger partial charge in [-0.1, -0.05) is 27.2 Å². The van der Waals surface area contributed by atoms with Crippen molar-refractivity contribution in [3.8, 4) is 0 Å². The summed E-state index contributed by atoms with van der Waals surface area (Å²) in [6.45, 7) is 5.96. The second kappa shape index (κ2) is 19.1. The molecular formula is C23H41BN6O6. The number of nitrogens with zero attached hydrogens (tertiary/aromatic N) is 1. The lowest BCUT2D eigenvalue weighted by Crippen LogP contribution is -2.55. The number of carbonyl (C=O) groups excluding carboxylic acids is 6. The molecule has 0 aromatic carbocycles. The van der Waals surface area contributed by atoms with Crippen molar-refractivity contribution in [2.24, 2.45) is 11.7 Å². The molecule has 2 radical (unpaired) electrons. The molecule has 7 amide bonds. The van der Waals surface area contributed by atoms with Crippen LogP contribution in [0.15, 0.2) is 0 Å². The first-order valence-electron chi connectivity index (χ1n) is 12.4. The number of carbonyl (C=O) groups is 6. The molecule has 2 atom stereocenters. The van der Waals surface area contributed by atoms with Crippen LogP contribution < -0.4 is 27.0 Å². The van der Waals surface area contributed by atoms with Gasteiger partial charge >= 0.3 is 6.03 Å². The minimum Gasteiger partial charge on any atom is -0.363 e. The van der Waals surface area contributed by atoms with E-state index in [1.54, 1.807) is 13.8 Å². The summed E-state index contributed by atoms with van der Waals surface area (Å²) in [6.07, 6.45) is 3.95. The minimum atomic E-state index is -0.898. The monoisotopic (exact) mass is 508 g/mol. The van der Waals surface area contributed by atoms with Crippen LogP contribution in [0.2, 0.25) is 0 Å². The Morgan fingerprint density at radius 1 is 0.944 bits per heavy atom. The number of urea groups is 1. The maximum atomic E-state index is 12.9. The van der Waals surface area contributed by atoms with E-state index in [0.717, 1.165) is 4.90 Å². The molecular weight excluding hydrogens is 467 g/mol. The quantitative estimate of drug-likeness (QED) is 0.0903. The van der Waals surface area contributed by atoms with Crippen LogP contribution in [0.4, 0.5) is 4.79 Å². The Bertz CT molecular complexity index is 736. The van der Waals surface area contributed by atoms with Gasteiger partial charge in [0.15, 0.2) is 0 Å². The van der Waals surface area contributed by atoms with Gasteiger partial charge in [0, 0.05) is 25.9 Å². The van der Waals surface area contributed by atoms with Crippen LogP contribution in [0.5, 0.6) is 0 Å². The normalized spacial score (nSPS) is 12.2. The Labute approximate surface area is 214 Å². The second-order valence-electron chi connectivity index (χ2n) is 8.78. The standard InChI is InChI=1S/C23H41BN6O6/c1-4-9-19(33)30(15-31)13-7-5-6-11-18(32)29-20(16(2)3)22(35)28-17(21(34)27-14-24)10-8-12-26-23(25)36/h15-17,20H,4-14H2,1-3H3,(H,27,34)(H,28,35)(H,29,32)(H3,25,26,36). The summed E-state index contributed by atoms with van der Waals surface area (Å²) in [5, 5.41) is 10.2. The zero-order chi connectivity index (χ0) is 27.5. The lowest BCUT2D eigenvalue weighted by atomic mass is 10.0. The Morgan fingerprint density at radius 2 is 1.64 bits per heavy atom. The number of rotatable bonds is 19. The van der Waals surface area contributed by atoms with Gasteiger partial charge in [-0.05, 0) is 44.5 Å². The van der Waals surface area contributed by atoms with Crippen LogP contribution in [-0.4, -0.2) is 80.4 Å². The fraction of sp³-hybridized carbons (Fsp3) is 0.739. The van der Waals surface area contributed by atoms with E-state index >= 15 is 0 Å². The summed E-state index contributed by atoms with van der Waals surface area (Å²) in [5.41, 5.74) is 5.03. The van der Waals surface area contributed by atoms with Gasteiger partial charge in [-0.25, -0.2) is 4.79 Å². The lowest BCUT2D eigenvalue weighted by molar-refractivity contribution is -0.138. The summed E-state index contributed by atoms with van der Waals surface area (Å²) >= 11 is 0. The summed E-state index contributed by atoms with van der Waals surface area (Å²) in [7, 11) is 5.38. The van der Waals surface area contributed by atoms with Gasteiger partial charge in [-0.2, -0.15) is 0 Å². The molecule has 2 unspecified atom stereocenters. The summed E-state index contributed by atoms with van der Waals surface area (Å²) in [4.78, 5) is 72.5. The fourth-order valence-electron chi connectivity index (χ4n) is 3.39. The fourth-order valence-corrected chi connectivity index (χ4v) is 3.39. The van der Waals surface area contributed by atoms with E-state index < -0.39 is 29.9 Å². The van der Waals surface area contributed by atoms with E-state index in [0.29, 0.717) is 51.5 Å². The average molecular weight is 508 g/mol. The van der Waals surface area contributed by atoms with E-state index in [1.807, 2.05) is 6.92 Å². The van der Waals surface area contributed by atoms with Crippen LogP contribution in [-0.2, 0) is 24.0 Å². The van der Waals surface area contributed by atoms with Crippen molar-refractivity contribution < 1.29 is 28.8 Å². The third kappa shape index (κ3) is 14.3. The van der Waals surface area contributed by atoms with Gasteiger partial charge in [-0.15, -0.1) is 0 Å². The SMILES string of the molecule is [B]CNC(=O)C(CCCNC(N)=O)NC(=O)C(NC(=O)CCCCCN(C=O)C(=O)CCC)C(C)C. The molecule has 12 nitrogen and oxygen atoms in total. The molecule has 0 heterocycles. The largest absolute Gasteiger partial charge is 0.363 e. The van der Waals surface area contributed by atoms with Crippen molar-refractivity contribution in [2.45, 2.75) is 84.2 Å². The van der Waals surface area contributed by atoms with Gasteiger partial charge in [-0.3, -0.25) is 28.9 Å². The number of nitrogens with one attached hydrogen (secondary N) is 4. The van der Waals surface area contributed by atoms with E-state index in [9.17, 15) is 28.8 Å². The predicted molar refractivity (Wildman–Crippen MR) is 135 cm³/mol. The molecule has 0 aliphatic rings. The van der Waals surface area contributed by atoms with Crippen molar-refractivity contribution in [3.05, 3.63) is 0 Å². The number of unbranched alkanes of at least 4 members (excludes halogenated alkanes) is 2. The van der Waals surface area contributed by atoms with Crippen LogP contribution in [0.3, 0.4) is 0 Å². The van der Waals surface area contributed by atoms with Crippen LogP contribution in [0, 0.1) is 5.92 Å². The predicted octanol–water partition coefficient (Wildman–Crippen LogP) is -0.352. The van der Waals surface area contributed by atoms with E-state index in [4.69, 9.17) is 13.6 Å². The molecule has 13 heteroatoms. The van der Waals surface area contributed by atoms with Gasteiger partial charge in [0.2, 0.25) is 30.0 Å². The maximum absolute atomic E-state index is 12.9. The molecule has 202 valence electrons. The molecule has 0 aromatic heterocycles. The number of nitrogens with two attached hydrogens (primary N) is 1. The average Bonchev–Trinajstić information content (AvgIpc) is 2.81. The molecule has 0 aromatic rings. The molecule has 0 aliphatic carbocycles. The van der Waals surface area contributed by atoms with Gasteiger partial charge < -0.3 is 27.0 Å². The molecule has 0 aliphatic heterocycles. The molecule has 0 saturated heterocycles. The van der Waals surface area contributed by atoms with E-state index in [1.165, 1.54) is 0 Å². The smallest absolute Gasteiger partial charge is 0.312 e. The van der Waals surface area contributed by atoms with Crippen molar-refractivity contribution in [3.63, 3.8) is 0 Å². The molecule has 0 fully saturated rings. The Kier molecular flexibility index (Phi) is 17.5. The molecule has 0 rings (SSSR count). The number of hydrogen-bond acceptors (Lipinski definition) is 6. The van der Waals surface area contributed by atoms with Crippen LogP contribution >= 0.6 is 0 Å².